The van der Waals surface area contributed by atoms with Crippen molar-refractivity contribution in [3.05, 3.63) is 47.0 Å². The number of fused-ring (bicyclic) bond motifs is 1. The minimum atomic E-state index is -0.675. The number of rotatable bonds is 0. The Hall–Kier alpha value is -2.46. The molecule has 0 N–H and O–H groups in total. The first-order valence-corrected chi connectivity index (χ1v) is 4.40. The van der Waals surface area contributed by atoms with E-state index in [1.165, 1.54) is 12.1 Å². The van der Waals surface area contributed by atoms with Gasteiger partial charge in [0.2, 0.25) is 0 Å². The number of nitrogens with zero attached hydrogens (tertiary/aromatic N) is 2. The minimum Gasteiger partial charge on any atom is -0.206 e. The maximum absolute atomic E-state index is 13.3. The molecule has 0 bridgehead atoms. The number of hydrogen-bond acceptors (Lipinski definition) is 2. The van der Waals surface area contributed by atoms with E-state index in [4.69, 9.17) is 10.5 Å². The van der Waals surface area contributed by atoms with Crippen LogP contribution in [0.2, 0.25) is 0 Å². The van der Waals surface area contributed by atoms with Gasteiger partial charge < -0.3 is 0 Å². The second-order valence-electron chi connectivity index (χ2n) is 3.16. The second kappa shape index (κ2) is 3.60. The minimum absolute atomic E-state index is 0.172. The van der Waals surface area contributed by atoms with Gasteiger partial charge in [-0.1, -0.05) is 0 Å². The predicted molar refractivity (Wildman–Crippen MR) is 53.3 cm³/mol. The summed E-state index contributed by atoms with van der Waals surface area (Å²) in [5.74, 6) is -1.35. The van der Waals surface area contributed by atoms with Crippen LogP contribution in [0.4, 0.5) is 8.78 Å². The average molecular weight is 214 g/mol. The molecule has 0 saturated heterocycles. The molecular weight excluding hydrogens is 210 g/mol. The molecule has 0 heterocycles. The number of hydrogen-bond donors (Lipinski definition) is 0. The molecule has 0 unspecified atom stereocenters. The molecule has 0 aliphatic heterocycles. The van der Waals surface area contributed by atoms with Gasteiger partial charge in [0.25, 0.3) is 0 Å². The zero-order valence-corrected chi connectivity index (χ0v) is 7.96. The lowest BCUT2D eigenvalue weighted by Gasteiger charge is -2.03. The molecule has 76 valence electrons. The third-order valence-corrected chi connectivity index (χ3v) is 2.32. The molecular formula is C12H4F2N2. The Morgan fingerprint density at radius 1 is 0.750 bits per heavy atom. The van der Waals surface area contributed by atoms with Gasteiger partial charge in [0.15, 0.2) is 0 Å². The van der Waals surface area contributed by atoms with Crippen molar-refractivity contribution in [2.75, 3.05) is 0 Å². The lowest BCUT2D eigenvalue weighted by atomic mass is 10.0. The SMILES string of the molecule is N#Cc1c(F)ccc2c(C#N)c(F)ccc12. The molecule has 0 saturated carbocycles. The van der Waals surface area contributed by atoms with Crippen molar-refractivity contribution < 1.29 is 8.78 Å². The Morgan fingerprint density at radius 2 is 1.12 bits per heavy atom. The molecule has 16 heavy (non-hydrogen) atoms. The third-order valence-electron chi connectivity index (χ3n) is 2.32. The van der Waals surface area contributed by atoms with Crippen LogP contribution in [0.3, 0.4) is 0 Å². The number of benzene rings is 2. The summed E-state index contributed by atoms with van der Waals surface area (Å²) < 4.78 is 26.5. The van der Waals surface area contributed by atoms with E-state index in [0.29, 0.717) is 0 Å². The highest BCUT2D eigenvalue weighted by molar-refractivity contribution is 5.92. The quantitative estimate of drug-likeness (QED) is 0.676. The highest BCUT2D eigenvalue weighted by atomic mass is 19.1. The molecule has 2 nitrogen and oxygen atoms in total. The lowest BCUT2D eigenvalue weighted by molar-refractivity contribution is 0.622. The fourth-order valence-electron chi connectivity index (χ4n) is 1.58. The molecule has 2 aromatic carbocycles. The summed E-state index contributed by atoms with van der Waals surface area (Å²) in [5.41, 5.74) is -0.344. The van der Waals surface area contributed by atoms with Gasteiger partial charge in [0.1, 0.15) is 23.8 Å². The number of nitriles is 2. The molecule has 4 heteroatoms. The zero-order chi connectivity index (χ0) is 11.7. The van der Waals surface area contributed by atoms with Crippen molar-refractivity contribution in [2.45, 2.75) is 0 Å². The first kappa shape index (κ1) is 10.1. The van der Waals surface area contributed by atoms with E-state index in [2.05, 4.69) is 0 Å². The van der Waals surface area contributed by atoms with Crippen LogP contribution in [0.5, 0.6) is 0 Å². The molecule has 2 aromatic rings. The van der Waals surface area contributed by atoms with Crippen molar-refractivity contribution in [2.24, 2.45) is 0 Å². The summed E-state index contributed by atoms with van der Waals surface area (Å²) in [5, 5.41) is 18.1. The first-order chi connectivity index (χ1) is 7.69. The van der Waals surface area contributed by atoms with Crippen molar-refractivity contribution >= 4 is 10.8 Å². The summed E-state index contributed by atoms with van der Waals surface area (Å²) >= 11 is 0. The summed E-state index contributed by atoms with van der Waals surface area (Å²) in [6.45, 7) is 0. The van der Waals surface area contributed by atoms with Gasteiger partial charge in [-0.05, 0) is 24.3 Å². The van der Waals surface area contributed by atoms with Crippen molar-refractivity contribution in [3.8, 4) is 12.1 Å². The first-order valence-electron chi connectivity index (χ1n) is 4.40. The van der Waals surface area contributed by atoms with Gasteiger partial charge in [0.05, 0.1) is 11.1 Å². The van der Waals surface area contributed by atoms with Crippen LogP contribution in [-0.2, 0) is 0 Å². The van der Waals surface area contributed by atoms with E-state index in [1.54, 1.807) is 12.1 Å². The van der Waals surface area contributed by atoms with Crippen molar-refractivity contribution in [3.63, 3.8) is 0 Å². The summed E-state index contributed by atoms with van der Waals surface area (Å²) in [6, 6.07) is 8.12. The third kappa shape index (κ3) is 1.29. The van der Waals surface area contributed by atoms with E-state index in [1.807, 2.05) is 0 Å². The van der Waals surface area contributed by atoms with Gasteiger partial charge in [-0.25, -0.2) is 8.78 Å². The highest BCUT2D eigenvalue weighted by Crippen LogP contribution is 2.25. The normalized spacial score (nSPS) is 9.75. The Kier molecular flexibility index (Phi) is 2.27. The van der Waals surface area contributed by atoms with Crippen LogP contribution in [0.25, 0.3) is 10.8 Å². The van der Waals surface area contributed by atoms with Gasteiger partial charge in [0, 0.05) is 10.8 Å². The van der Waals surface area contributed by atoms with Crippen LogP contribution in [0, 0.1) is 34.3 Å². The molecule has 0 atom stereocenters. The van der Waals surface area contributed by atoms with Gasteiger partial charge in [-0.3, -0.25) is 0 Å². The molecule has 0 aromatic heterocycles. The Bertz CT molecular complexity index is 604. The summed E-state index contributed by atoms with van der Waals surface area (Å²) in [6.07, 6.45) is 0. The van der Waals surface area contributed by atoms with E-state index < -0.39 is 11.6 Å². The highest BCUT2D eigenvalue weighted by Gasteiger charge is 2.12. The Morgan fingerprint density at radius 3 is 1.44 bits per heavy atom. The molecule has 0 radical (unpaired) electrons. The second-order valence-corrected chi connectivity index (χ2v) is 3.16. The van der Waals surface area contributed by atoms with Gasteiger partial charge >= 0.3 is 0 Å². The summed E-state index contributed by atoms with van der Waals surface area (Å²) in [7, 11) is 0. The van der Waals surface area contributed by atoms with E-state index in [9.17, 15) is 8.78 Å². The molecule has 2 rings (SSSR count). The fraction of sp³-hybridized carbons (Fsp3) is 0. The summed E-state index contributed by atoms with van der Waals surface area (Å²) in [4.78, 5) is 0. The number of halogens is 2. The topological polar surface area (TPSA) is 47.6 Å². The monoisotopic (exact) mass is 214 g/mol. The van der Waals surface area contributed by atoms with E-state index >= 15 is 0 Å². The van der Waals surface area contributed by atoms with Crippen LogP contribution in [0.15, 0.2) is 24.3 Å². The standard InChI is InChI=1S/C12H4F2N2/c13-11-3-1-7-8(10(11)6-16)2-4-12(14)9(7)5-15/h1-4H. The van der Waals surface area contributed by atoms with Crippen molar-refractivity contribution in [1.29, 1.82) is 10.5 Å². The fourth-order valence-corrected chi connectivity index (χ4v) is 1.58. The average Bonchev–Trinajstić information content (AvgIpc) is 2.29. The van der Waals surface area contributed by atoms with Crippen molar-refractivity contribution in [1.82, 2.24) is 0 Å². The van der Waals surface area contributed by atoms with Crippen LogP contribution in [-0.4, -0.2) is 0 Å². The van der Waals surface area contributed by atoms with E-state index in [-0.39, 0.29) is 21.9 Å². The maximum atomic E-state index is 13.3. The van der Waals surface area contributed by atoms with Gasteiger partial charge in [-0.15, -0.1) is 0 Å². The molecule has 0 fully saturated rings. The molecule has 0 aliphatic rings. The largest absolute Gasteiger partial charge is 0.206 e. The lowest BCUT2D eigenvalue weighted by Crippen LogP contribution is -1.91. The maximum Gasteiger partial charge on any atom is 0.141 e. The Labute approximate surface area is 90.0 Å². The van der Waals surface area contributed by atoms with E-state index in [0.717, 1.165) is 12.1 Å². The van der Waals surface area contributed by atoms with Crippen LogP contribution >= 0.6 is 0 Å². The van der Waals surface area contributed by atoms with Gasteiger partial charge in [-0.2, -0.15) is 10.5 Å². The molecule has 0 spiro atoms. The molecule has 0 aliphatic carbocycles. The smallest absolute Gasteiger partial charge is 0.141 e. The van der Waals surface area contributed by atoms with Crippen LogP contribution < -0.4 is 0 Å². The predicted octanol–water partition coefficient (Wildman–Crippen LogP) is 2.86. The zero-order valence-electron chi connectivity index (χ0n) is 7.96. The van der Waals surface area contributed by atoms with Crippen LogP contribution in [0.1, 0.15) is 11.1 Å². The Balaban J connectivity index is 3.01. The molecule has 0 amide bonds.